The SMILES string of the molecule is CC(=O)c1c(C)cc(C)c(CSc2nnc(NCc3ccco3)s2)c1C. The lowest BCUT2D eigenvalue weighted by Crippen LogP contribution is -2.05. The number of aryl methyl sites for hydroxylation is 2. The number of furan rings is 1. The summed E-state index contributed by atoms with van der Waals surface area (Å²) in [7, 11) is 0. The smallest absolute Gasteiger partial charge is 0.206 e. The van der Waals surface area contributed by atoms with E-state index in [1.165, 1.54) is 22.5 Å². The Balaban J connectivity index is 1.68. The number of aromatic nitrogens is 2. The van der Waals surface area contributed by atoms with Crippen molar-refractivity contribution in [2.75, 3.05) is 5.32 Å². The van der Waals surface area contributed by atoms with Gasteiger partial charge < -0.3 is 9.73 Å². The number of ketones is 1. The molecule has 5 nitrogen and oxygen atoms in total. The summed E-state index contributed by atoms with van der Waals surface area (Å²) in [4.78, 5) is 12.0. The van der Waals surface area contributed by atoms with E-state index in [1.807, 2.05) is 26.0 Å². The zero-order valence-corrected chi connectivity index (χ0v) is 16.9. The van der Waals surface area contributed by atoms with Crippen LogP contribution in [0.1, 0.15) is 45.3 Å². The number of Topliss-reactive ketones (excluding diaryl/α,β-unsaturated/α-hetero) is 1. The van der Waals surface area contributed by atoms with Crippen LogP contribution in [-0.2, 0) is 12.3 Å². The molecule has 1 N–H and O–H groups in total. The van der Waals surface area contributed by atoms with Crippen molar-refractivity contribution in [2.45, 2.75) is 44.3 Å². The quantitative estimate of drug-likeness (QED) is 0.446. The van der Waals surface area contributed by atoms with Crippen LogP contribution in [0.5, 0.6) is 0 Å². The van der Waals surface area contributed by atoms with Gasteiger partial charge in [-0.05, 0) is 62.1 Å². The number of carbonyl (C=O) groups is 1. The van der Waals surface area contributed by atoms with Crippen LogP contribution < -0.4 is 5.32 Å². The Labute approximate surface area is 161 Å². The van der Waals surface area contributed by atoms with E-state index in [9.17, 15) is 4.79 Å². The molecule has 0 bridgehead atoms. The molecule has 0 spiro atoms. The van der Waals surface area contributed by atoms with Gasteiger partial charge in [-0.15, -0.1) is 10.2 Å². The van der Waals surface area contributed by atoms with Gasteiger partial charge in [-0.25, -0.2) is 0 Å². The van der Waals surface area contributed by atoms with Crippen LogP contribution in [0.3, 0.4) is 0 Å². The number of carbonyl (C=O) groups excluding carboxylic acids is 1. The predicted molar refractivity (Wildman–Crippen MR) is 106 cm³/mol. The number of benzene rings is 1. The summed E-state index contributed by atoms with van der Waals surface area (Å²) in [6.45, 7) is 8.34. The van der Waals surface area contributed by atoms with E-state index in [1.54, 1.807) is 24.9 Å². The van der Waals surface area contributed by atoms with Crippen LogP contribution >= 0.6 is 23.1 Å². The standard InChI is InChI=1S/C19H21N3O2S2/c1-11-8-12(2)17(14(4)23)13(3)16(11)10-25-19-22-21-18(26-19)20-9-15-6-5-7-24-15/h5-8H,9-10H2,1-4H3,(H,20,21). The molecule has 0 aliphatic carbocycles. The third-order valence-electron chi connectivity index (χ3n) is 4.22. The highest BCUT2D eigenvalue weighted by molar-refractivity contribution is 8.00. The molecule has 0 unspecified atom stereocenters. The molecule has 0 aliphatic rings. The average Bonchev–Trinajstić information content (AvgIpc) is 3.23. The van der Waals surface area contributed by atoms with Gasteiger partial charge in [-0.2, -0.15) is 0 Å². The molecule has 0 saturated heterocycles. The molecule has 136 valence electrons. The lowest BCUT2D eigenvalue weighted by Gasteiger charge is -2.15. The molecule has 3 aromatic rings. The third-order valence-corrected chi connectivity index (χ3v) is 6.26. The van der Waals surface area contributed by atoms with Crippen molar-refractivity contribution in [2.24, 2.45) is 0 Å². The monoisotopic (exact) mass is 387 g/mol. The van der Waals surface area contributed by atoms with Crippen molar-refractivity contribution in [3.63, 3.8) is 0 Å². The Kier molecular flexibility index (Phi) is 5.78. The molecule has 26 heavy (non-hydrogen) atoms. The first-order valence-electron chi connectivity index (χ1n) is 8.29. The van der Waals surface area contributed by atoms with Gasteiger partial charge >= 0.3 is 0 Å². The molecule has 0 amide bonds. The summed E-state index contributed by atoms with van der Waals surface area (Å²) in [5, 5.41) is 12.4. The number of thioether (sulfide) groups is 1. The normalized spacial score (nSPS) is 10.9. The maximum Gasteiger partial charge on any atom is 0.206 e. The second kappa shape index (κ2) is 8.05. The molecule has 0 aliphatic heterocycles. The van der Waals surface area contributed by atoms with Gasteiger partial charge in [0.15, 0.2) is 10.1 Å². The van der Waals surface area contributed by atoms with Crippen LogP contribution in [0.15, 0.2) is 33.2 Å². The molecule has 1 aromatic carbocycles. The first kappa shape index (κ1) is 18.7. The van der Waals surface area contributed by atoms with Gasteiger partial charge in [0.25, 0.3) is 0 Å². The number of anilines is 1. The summed E-state index contributed by atoms with van der Waals surface area (Å²) in [6, 6.07) is 5.87. The molecule has 0 radical (unpaired) electrons. The topological polar surface area (TPSA) is 68.0 Å². The van der Waals surface area contributed by atoms with E-state index in [-0.39, 0.29) is 5.78 Å². The second-order valence-corrected chi connectivity index (χ2v) is 8.34. The van der Waals surface area contributed by atoms with Crippen LogP contribution in [0.4, 0.5) is 5.13 Å². The number of nitrogens with zero attached hydrogens (tertiary/aromatic N) is 2. The Bertz CT molecular complexity index is 917. The minimum atomic E-state index is 0.117. The number of rotatable bonds is 7. The lowest BCUT2D eigenvalue weighted by molar-refractivity contribution is 0.101. The first-order chi connectivity index (χ1) is 12.5. The molecule has 2 aromatic heterocycles. The molecular weight excluding hydrogens is 366 g/mol. The maximum absolute atomic E-state index is 12.0. The van der Waals surface area contributed by atoms with Gasteiger partial charge in [0.2, 0.25) is 5.13 Å². The Morgan fingerprint density at radius 1 is 1.27 bits per heavy atom. The molecule has 7 heteroatoms. The van der Waals surface area contributed by atoms with E-state index in [4.69, 9.17) is 4.42 Å². The van der Waals surface area contributed by atoms with Crippen molar-refractivity contribution in [1.29, 1.82) is 0 Å². The predicted octanol–water partition coefficient (Wildman–Crippen LogP) is 5.16. The van der Waals surface area contributed by atoms with Crippen molar-refractivity contribution in [3.8, 4) is 0 Å². The lowest BCUT2D eigenvalue weighted by atomic mass is 9.92. The zero-order chi connectivity index (χ0) is 18.7. The van der Waals surface area contributed by atoms with Crippen molar-refractivity contribution in [3.05, 3.63) is 58.0 Å². The largest absolute Gasteiger partial charge is 0.467 e. The van der Waals surface area contributed by atoms with Crippen molar-refractivity contribution in [1.82, 2.24) is 10.2 Å². The molecule has 2 heterocycles. The third kappa shape index (κ3) is 4.16. The Hall–Kier alpha value is -2.12. The van der Waals surface area contributed by atoms with E-state index in [0.717, 1.165) is 37.7 Å². The fourth-order valence-electron chi connectivity index (χ4n) is 3.04. The first-order valence-corrected chi connectivity index (χ1v) is 10.1. The molecule has 3 rings (SSSR count). The van der Waals surface area contributed by atoms with Crippen molar-refractivity contribution >= 4 is 34.0 Å². The Morgan fingerprint density at radius 3 is 2.77 bits per heavy atom. The number of hydrogen-bond acceptors (Lipinski definition) is 7. The summed E-state index contributed by atoms with van der Waals surface area (Å²) in [5.41, 5.74) is 5.36. The maximum atomic E-state index is 12.0. The minimum absolute atomic E-state index is 0.117. The van der Waals surface area contributed by atoms with Gasteiger partial charge in [0, 0.05) is 11.3 Å². The van der Waals surface area contributed by atoms with E-state index in [0.29, 0.717) is 6.54 Å². The van der Waals surface area contributed by atoms with E-state index < -0.39 is 0 Å². The summed E-state index contributed by atoms with van der Waals surface area (Å²) in [6.07, 6.45) is 1.65. The van der Waals surface area contributed by atoms with E-state index in [2.05, 4.69) is 28.5 Å². The number of hydrogen-bond donors (Lipinski definition) is 1. The highest BCUT2D eigenvalue weighted by atomic mass is 32.2. The summed E-state index contributed by atoms with van der Waals surface area (Å²) in [5.74, 6) is 1.74. The molecule has 0 atom stereocenters. The summed E-state index contributed by atoms with van der Waals surface area (Å²) >= 11 is 3.16. The van der Waals surface area contributed by atoms with Crippen molar-refractivity contribution < 1.29 is 9.21 Å². The van der Waals surface area contributed by atoms with Gasteiger partial charge in [-0.3, -0.25) is 4.79 Å². The van der Waals surface area contributed by atoms with Gasteiger partial charge in [-0.1, -0.05) is 29.2 Å². The summed E-state index contributed by atoms with van der Waals surface area (Å²) < 4.78 is 6.19. The van der Waals surface area contributed by atoms with Crippen LogP contribution in [0, 0.1) is 20.8 Å². The van der Waals surface area contributed by atoms with Crippen LogP contribution in [-0.4, -0.2) is 16.0 Å². The van der Waals surface area contributed by atoms with E-state index >= 15 is 0 Å². The van der Waals surface area contributed by atoms with Gasteiger partial charge in [0.05, 0.1) is 12.8 Å². The number of nitrogens with one attached hydrogen (secondary N) is 1. The van der Waals surface area contributed by atoms with Gasteiger partial charge in [0.1, 0.15) is 5.76 Å². The fourth-order valence-corrected chi connectivity index (χ4v) is 4.97. The minimum Gasteiger partial charge on any atom is -0.467 e. The highest BCUT2D eigenvalue weighted by Crippen LogP contribution is 2.32. The second-order valence-electron chi connectivity index (χ2n) is 6.14. The van der Waals surface area contributed by atoms with Crippen LogP contribution in [0.25, 0.3) is 0 Å². The molecular formula is C19H21N3O2S2. The fraction of sp³-hybridized carbons (Fsp3) is 0.316. The van der Waals surface area contributed by atoms with Crippen LogP contribution in [0.2, 0.25) is 0 Å². The zero-order valence-electron chi connectivity index (χ0n) is 15.3. The molecule has 0 fully saturated rings. The average molecular weight is 388 g/mol. The Morgan fingerprint density at radius 2 is 2.08 bits per heavy atom. The molecule has 0 saturated carbocycles. The highest BCUT2D eigenvalue weighted by Gasteiger charge is 2.15.